The Bertz CT molecular complexity index is 532. The minimum atomic E-state index is -0.313. The van der Waals surface area contributed by atoms with E-state index < -0.39 is 0 Å². The van der Waals surface area contributed by atoms with Crippen LogP contribution < -0.4 is 5.32 Å². The molecule has 0 spiro atoms. The van der Waals surface area contributed by atoms with E-state index in [2.05, 4.69) is 10.4 Å². The van der Waals surface area contributed by atoms with Crippen LogP contribution in [0.4, 0.5) is 11.5 Å². The van der Waals surface area contributed by atoms with Crippen LogP contribution in [-0.2, 0) is 0 Å². The van der Waals surface area contributed by atoms with E-state index >= 15 is 0 Å². The van der Waals surface area contributed by atoms with Crippen molar-refractivity contribution in [3.63, 3.8) is 0 Å². The molecule has 0 aromatic carbocycles. The normalized spacial score (nSPS) is 18.5. The zero-order chi connectivity index (χ0) is 15.1. The third kappa shape index (κ3) is 2.89. The van der Waals surface area contributed by atoms with Gasteiger partial charge in [0, 0.05) is 12.6 Å². The second-order valence-electron chi connectivity index (χ2n) is 6.80. The zero-order valence-electron chi connectivity index (χ0n) is 13.0. The molecule has 6 nitrogen and oxygen atoms in total. The third-order valence-electron chi connectivity index (χ3n) is 4.69. The van der Waals surface area contributed by atoms with E-state index in [1.54, 1.807) is 11.6 Å². The average molecular weight is 292 g/mol. The fourth-order valence-electron chi connectivity index (χ4n) is 3.28. The van der Waals surface area contributed by atoms with Gasteiger partial charge in [0.25, 0.3) is 0 Å². The maximum Gasteiger partial charge on any atom is 0.333 e. The van der Waals surface area contributed by atoms with Crippen LogP contribution in [0.15, 0.2) is 0 Å². The maximum atomic E-state index is 11.3. The van der Waals surface area contributed by atoms with Crippen LogP contribution in [0, 0.1) is 34.8 Å². The second-order valence-corrected chi connectivity index (χ2v) is 6.80. The van der Waals surface area contributed by atoms with Crippen molar-refractivity contribution < 1.29 is 4.92 Å². The number of nitro groups is 1. The lowest BCUT2D eigenvalue weighted by atomic mass is 9.98. The van der Waals surface area contributed by atoms with E-state index in [-0.39, 0.29) is 16.7 Å². The minimum Gasteiger partial charge on any atom is -0.364 e. The Labute approximate surface area is 125 Å². The molecule has 2 saturated carbocycles. The number of nitrogens with one attached hydrogen (secondary N) is 1. The van der Waals surface area contributed by atoms with Crippen molar-refractivity contribution in [2.75, 3.05) is 11.9 Å². The number of hydrogen-bond donors (Lipinski definition) is 1. The topological polar surface area (TPSA) is 73.0 Å². The Morgan fingerprint density at radius 2 is 1.90 bits per heavy atom. The molecule has 0 bridgehead atoms. The molecular formula is C15H24N4O2. The molecule has 0 unspecified atom stereocenters. The van der Waals surface area contributed by atoms with Gasteiger partial charge >= 0.3 is 5.69 Å². The Morgan fingerprint density at radius 3 is 2.33 bits per heavy atom. The fourth-order valence-corrected chi connectivity index (χ4v) is 3.28. The highest BCUT2D eigenvalue weighted by Gasteiger charge is 2.41. The first-order chi connectivity index (χ1) is 9.99. The van der Waals surface area contributed by atoms with Crippen LogP contribution in [0.5, 0.6) is 0 Å². The molecule has 1 aromatic rings. The van der Waals surface area contributed by atoms with Crippen LogP contribution in [0.1, 0.15) is 51.3 Å². The van der Waals surface area contributed by atoms with Crippen LogP contribution in [-0.4, -0.2) is 21.2 Å². The molecule has 2 aliphatic rings. The highest BCUT2D eigenvalue weighted by molar-refractivity contribution is 5.59. The zero-order valence-corrected chi connectivity index (χ0v) is 13.0. The first-order valence-electron chi connectivity index (χ1n) is 7.96. The molecule has 2 aliphatic carbocycles. The molecule has 1 N–H and O–H groups in total. The molecule has 3 rings (SSSR count). The summed E-state index contributed by atoms with van der Waals surface area (Å²) in [5.74, 6) is 2.93. The number of hydrogen-bond acceptors (Lipinski definition) is 4. The maximum absolute atomic E-state index is 11.3. The average Bonchev–Trinajstić information content (AvgIpc) is 3.28. The molecule has 0 atom stereocenters. The second kappa shape index (κ2) is 5.31. The molecule has 0 saturated heterocycles. The molecular weight excluding hydrogens is 268 g/mol. The largest absolute Gasteiger partial charge is 0.364 e. The van der Waals surface area contributed by atoms with Gasteiger partial charge in [-0.25, -0.2) is 4.68 Å². The first-order valence-corrected chi connectivity index (χ1v) is 7.96. The molecule has 1 heterocycles. The Morgan fingerprint density at radius 1 is 1.33 bits per heavy atom. The van der Waals surface area contributed by atoms with Crippen LogP contribution in [0.25, 0.3) is 0 Å². The van der Waals surface area contributed by atoms with Gasteiger partial charge in [-0.05, 0) is 64.2 Å². The summed E-state index contributed by atoms with van der Waals surface area (Å²) in [5, 5.41) is 19.0. The van der Waals surface area contributed by atoms with E-state index in [9.17, 15) is 10.1 Å². The van der Waals surface area contributed by atoms with Gasteiger partial charge in [-0.2, -0.15) is 5.10 Å². The molecule has 21 heavy (non-hydrogen) atoms. The van der Waals surface area contributed by atoms with Crippen LogP contribution >= 0.6 is 0 Å². The molecule has 116 valence electrons. The summed E-state index contributed by atoms with van der Waals surface area (Å²) in [4.78, 5) is 11.0. The van der Waals surface area contributed by atoms with Gasteiger partial charge in [0.1, 0.15) is 5.69 Å². The molecule has 0 radical (unpaired) electrons. The molecule has 0 amide bonds. The van der Waals surface area contributed by atoms with Crippen molar-refractivity contribution in [3.8, 4) is 0 Å². The van der Waals surface area contributed by atoms with E-state index in [1.165, 1.54) is 25.7 Å². The lowest BCUT2D eigenvalue weighted by Gasteiger charge is -2.18. The highest BCUT2D eigenvalue weighted by Crippen LogP contribution is 2.49. The standard InChI is InChI=1S/C15H24N4O2/c1-9(2)18-15(14(19(20)21)10(3)17-18)16-8-13(11-4-5-11)12-6-7-12/h9,11-13,16H,4-8H2,1-3H3. The lowest BCUT2D eigenvalue weighted by molar-refractivity contribution is -0.384. The number of anilines is 1. The Kier molecular flexibility index (Phi) is 3.63. The van der Waals surface area contributed by atoms with Gasteiger partial charge in [0.15, 0.2) is 0 Å². The van der Waals surface area contributed by atoms with Crippen molar-refractivity contribution >= 4 is 11.5 Å². The molecule has 6 heteroatoms. The SMILES string of the molecule is Cc1nn(C(C)C)c(NCC(C2CC2)C2CC2)c1[N+](=O)[O-]. The molecule has 2 fully saturated rings. The smallest absolute Gasteiger partial charge is 0.333 e. The van der Waals surface area contributed by atoms with Gasteiger partial charge in [0.2, 0.25) is 5.82 Å². The lowest BCUT2D eigenvalue weighted by Crippen LogP contribution is -2.21. The summed E-state index contributed by atoms with van der Waals surface area (Å²) in [6, 6.07) is 0.111. The summed E-state index contributed by atoms with van der Waals surface area (Å²) < 4.78 is 1.75. The summed E-state index contributed by atoms with van der Waals surface area (Å²) in [6.07, 6.45) is 5.31. The predicted molar refractivity (Wildman–Crippen MR) is 81.4 cm³/mol. The van der Waals surface area contributed by atoms with Crippen molar-refractivity contribution in [2.24, 2.45) is 17.8 Å². The van der Waals surface area contributed by atoms with Gasteiger partial charge in [0.05, 0.1) is 4.92 Å². The van der Waals surface area contributed by atoms with E-state index in [1.807, 2.05) is 13.8 Å². The van der Waals surface area contributed by atoms with Crippen molar-refractivity contribution in [2.45, 2.75) is 52.5 Å². The number of aryl methyl sites for hydroxylation is 1. The van der Waals surface area contributed by atoms with Crippen LogP contribution in [0.2, 0.25) is 0 Å². The van der Waals surface area contributed by atoms with E-state index in [0.29, 0.717) is 17.4 Å². The Hall–Kier alpha value is -1.59. The number of nitrogens with zero attached hydrogens (tertiary/aromatic N) is 3. The van der Waals surface area contributed by atoms with Crippen molar-refractivity contribution in [3.05, 3.63) is 15.8 Å². The predicted octanol–water partition coefficient (Wildman–Crippen LogP) is 3.53. The van der Waals surface area contributed by atoms with Gasteiger partial charge in [-0.15, -0.1) is 0 Å². The monoisotopic (exact) mass is 292 g/mol. The fraction of sp³-hybridized carbons (Fsp3) is 0.800. The summed E-state index contributed by atoms with van der Waals surface area (Å²) in [6.45, 7) is 6.55. The van der Waals surface area contributed by atoms with E-state index in [4.69, 9.17) is 0 Å². The summed E-state index contributed by atoms with van der Waals surface area (Å²) in [5.41, 5.74) is 0.625. The molecule has 0 aliphatic heterocycles. The quantitative estimate of drug-likeness (QED) is 0.616. The van der Waals surface area contributed by atoms with Crippen LogP contribution in [0.3, 0.4) is 0 Å². The number of rotatable bonds is 7. The Balaban J connectivity index is 1.80. The summed E-state index contributed by atoms with van der Waals surface area (Å²) in [7, 11) is 0. The summed E-state index contributed by atoms with van der Waals surface area (Å²) >= 11 is 0. The van der Waals surface area contributed by atoms with Crippen molar-refractivity contribution in [1.29, 1.82) is 0 Å². The first kappa shape index (κ1) is 14.4. The van der Waals surface area contributed by atoms with Gasteiger partial charge < -0.3 is 5.32 Å². The highest BCUT2D eigenvalue weighted by atomic mass is 16.6. The van der Waals surface area contributed by atoms with E-state index in [0.717, 1.165) is 18.4 Å². The van der Waals surface area contributed by atoms with Crippen molar-refractivity contribution in [1.82, 2.24) is 9.78 Å². The molecule has 1 aromatic heterocycles. The van der Waals surface area contributed by atoms with Gasteiger partial charge in [-0.3, -0.25) is 10.1 Å². The number of aromatic nitrogens is 2. The minimum absolute atomic E-state index is 0.111. The third-order valence-corrected chi connectivity index (χ3v) is 4.69. The van der Waals surface area contributed by atoms with Gasteiger partial charge in [-0.1, -0.05) is 0 Å².